The molecule has 42 heavy (non-hydrogen) atoms. The third-order valence-electron chi connectivity index (χ3n) is 6.70. The Bertz CT molecular complexity index is 1310. The van der Waals surface area contributed by atoms with Crippen LogP contribution >= 0.6 is 0 Å². The minimum absolute atomic E-state index is 0.0437. The number of pyridine rings is 3. The summed E-state index contributed by atoms with van der Waals surface area (Å²) in [6, 6.07) is 7.68. The van der Waals surface area contributed by atoms with Crippen LogP contribution in [0.4, 0.5) is 11.5 Å². The van der Waals surface area contributed by atoms with Gasteiger partial charge >= 0.3 is 0 Å². The van der Waals surface area contributed by atoms with Crippen molar-refractivity contribution in [3.05, 3.63) is 65.7 Å². The molecule has 3 fully saturated rings. The molecule has 0 spiro atoms. The molecule has 0 atom stereocenters. The Kier molecular flexibility index (Phi) is 11.6. The van der Waals surface area contributed by atoms with E-state index in [1.54, 1.807) is 28.4 Å². The first kappa shape index (κ1) is 30.9. The van der Waals surface area contributed by atoms with E-state index in [1.165, 1.54) is 5.56 Å². The van der Waals surface area contributed by atoms with Gasteiger partial charge in [0.05, 0.1) is 13.2 Å². The lowest BCUT2D eigenvalue weighted by Crippen LogP contribution is -2.30. The normalized spacial score (nSPS) is 16.4. The van der Waals surface area contributed by atoms with Crippen LogP contribution in [0.3, 0.4) is 0 Å². The van der Waals surface area contributed by atoms with Crippen molar-refractivity contribution in [1.82, 2.24) is 20.3 Å². The summed E-state index contributed by atoms with van der Waals surface area (Å²) < 4.78 is 16.6. The average molecular weight is 577 g/mol. The molecule has 1 N–H and O–H groups in total. The number of nitrogens with one attached hydrogen (secondary N) is 1. The number of morpholine rings is 1. The number of amides is 2. The first-order chi connectivity index (χ1) is 20.4. The highest BCUT2D eigenvalue weighted by atomic mass is 16.7. The number of anilines is 2. The maximum atomic E-state index is 12.2. The number of hydrogen-bond acceptors (Lipinski definition) is 9. The number of carbonyl (C=O) groups excluding carboxylic acids is 2. The van der Waals surface area contributed by atoms with Gasteiger partial charge in [-0.25, -0.2) is 9.97 Å². The fraction of sp³-hybridized carbons (Fsp3) is 0.452. The first-order valence-corrected chi connectivity index (χ1v) is 14.4. The largest absolute Gasteiger partial charge is 0.454 e. The summed E-state index contributed by atoms with van der Waals surface area (Å²) in [5.74, 6) is 1.47. The van der Waals surface area contributed by atoms with E-state index in [2.05, 4.69) is 20.3 Å². The van der Waals surface area contributed by atoms with Crippen molar-refractivity contribution < 1.29 is 23.8 Å². The number of ether oxygens (including phenoxy) is 3. The van der Waals surface area contributed by atoms with E-state index in [4.69, 9.17) is 14.2 Å². The van der Waals surface area contributed by atoms with Gasteiger partial charge in [0.1, 0.15) is 5.69 Å². The minimum Gasteiger partial charge on any atom is -0.454 e. The van der Waals surface area contributed by atoms with Gasteiger partial charge in [-0.2, -0.15) is 0 Å². The van der Waals surface area contributed by atoms with Gasteiger partial charge in [0.25, 0.3) is 0 Å². The van der Waals surface area contributed by atoms with Crippen LogP contribution in [-0.2, 0) is 14.3 Å². The Morgan fingerprint density at radius 3 is 2.10 bits per heavy atom. The van der Waals surface area contributed by atoms with Crippen LogP contribution < -0.4 is 24.6 Å². The Balaban J connectivity index is 0.000000255. The molecule has 0 aliphatic carbocycles. The highest BCUT2D eigenvalue weighted by Gasteiger charge is 2.27. The Morgan fingerprint density at radius 1 is 0.857 bits per heavy atom. The van der Waals surface area contributed by atoms with Crippen molar-refractivity contribution in [2.45, 2.75) is 46.5 Å². The monoisotopic (exact) mass is 576 g/mol. The standard InChI is InChI=1S/C21H24N4O4.C6H7N.C4H9NO/c1-14-9-16(24-7-3-5-18(24)26)21(23-12-14)29-13-28-17-10-15(2)11-22-20(17)25-8-4-6-19(25)27;1-6-3-2-4-7-5-6;1-3-6-4-2-5-1/h9-12H,3-8,13H2,1-2H3;2-5H,1H3;5H,1-4H2. The molecule has 6 heterocycles. The van der Waals surface area contributed by atoms with Crippen molar-refractivity contribution in [2.24, 2.45) is 0 Å². The summed E-state index contributed by atoms with van der Waals surface area (Å²) >= 11 is 0. The van der Waals surface area contributed by atoms with Crippen LogP contribution in [-0.4, -0.2) is 73.0 Å². The van der Waals surface area contributed by atoms with Gasteiger partial charge < -0.3 is 24.4 Å². The van der Waals surface area contributed by atoms with E-state index in [0.717, 1.165) is 50.3 Å². The van der Waals surface area contributed by atoms with Crippen molar-refractivity contribution in [3.8, 4) is 11.6 Å². The third-order valence-corrected chi connectivity index (χ3v) is 6.70. The zero-order chi connectivity index (χ0) is 29.7. The second-order valence-electron chi connectivity index (χ2n) is 10.3. The van der Waals surface area contributed by atoms with Crippen molar-refractivity contribution in [1.29, 1.82) is 0 Å². The molecule has 11 nitrogen and oxygen atoms in total. The molecular formula is C31H40N6O5. The molecule has 3 saturated heterocycles. The molecule has 3 aromatic heterocycles. The Morgan fingerprint density at radius 2 is 1.55 bits per heavy atom. The van der Waals surface area contributed by atoms with E-state index in [0.29, 0.717) is 49.1 Å². The van der Waals surface area contributed by atoms with Crippen LogP contribution in [0.2, 0.25) is 0 Å². The van der Waals surface area contributed by atoms with Crippen molar-refractivity contribution in [3.63, 3.8) is 0 Å². The second-order valence-corrected chi connectivity index (χ2v) is 10.3. The molecular weight excluding hydrogens is 536 g/mol. The van der Waals surface area contributed by atoms with Crippen LogP contribution in [0, 0.1) is 20.8 Å². The molecule has 6 rings (SSSR count). The summed E-state index contributed by atoms with van der Waals surface area (Å²) in [4.78, 5) is 40.2. The van der Waals surface area contributed by atoms with Crippen molar-refractivity contribution in [2.75, 3.05) is 56.0 Å². The van der Waals surface area contributed by atoms with Gasteiger partial charge in [-0.3, -0.25) is 19.5 Å². The highest BCUT2D eigenvalue weighted by molar-refractivity contribution is 5.96. The van der Waals surface area contributed by atoms with E-state index in [1.807, 2.05) is 51.2 Å². The van der Waals surface area contributed by atoms with Crippen LogP contribution in [0.15, 0.2) is 49.1 Å². The molecule has 0 aromatic carbocycles. The summed E-state index contributed by atoms with van der Waals surface area (Å²) in [5.41, 5.74) is 3.74. The van der Waals surface area contributed by atoms with Gasteiger partial charge in [0.15, 0.2) is 11.6 Å². The number of rotatable bonds is 6. The number of hydrogen-bond donors (Lipinski definition) is 1. The van der Waals surface area contributed by atoms with Crippen LogP contribution in [0.5, 0.6) is 11.6 Å². The van der Waals surface area contributed by atoms with Gasteiger partial charge in [0.2, 0.25) is 24.5 Å². The molecule has 0 radical (unpaired) electrons. The topological polar surface area (TPSA) is 119 Å². The lowest BCUT2D eigenvalue weighted by Gasteiger charge is -2.21. The predicted octanol–water partition coefficient (Wildman–Crippen LogP) is 3.76. The van der Waals surface area contributed by atoms with E-state index < -0.39 is 0 Å². The van der Waals surface area contributed by atoms with E-state index in [-0.39, 0.29) is 18.6 Å². The van der Waals surface area contributed by atoms with E-state index >= 15 is 0 Å². The zero-order valence-corrected chi connectivity index (χ0v) is 24.7. The first-order valence-electron chi connectivity index (χ1n) is 14.4. The SMILES string of the molecule is C1COCCN1.Cc1cccnc1.Cc1cnc(N2CCCC2=O)c(OCOc2ncc(C)cc2N2CCCC2=O)c1. The number of aryl methyl sites for hydroxylation is 3. The number of carbonyl (C=O) groups is 2. The van der Waals surface area contributed by atoms with Gasteiger partial charge in [-0.1, -0.05) is 6.07 Å². The summed E-state index contributed by atoms with van der Waals surface area (Å²) in [5, 5.41) is 3.16. The molecule has 3 aromatic rings. The fourth-order valence-electron chi connectivity index (χ4n) is 4.58. The molecule has 0 saturated carbocycles. The fourth-order valence-corrected chi connectivity index (χ4v) is 4.58. The lowest BCUT2D eigenvalue weighted by molar-refractivity contribution is -0.117. The Hall–Kier alpha value is -4.09. The Labute approximate surface area is 247 Å². The lowest BCUT2D eigenvalue weighted by atomic mass is 10.2. The van der Waals surface area contributed by atoms with Gasteiger partial charge in [0, 0.05) is 63.8 Å². The smallest absolute Gasteiger partial charge is 0.240 e. The van der Waals surface area contributed by atoms with Crippen molar-refractivity contribution >= 4 is 23.3 Å². The summed E-state index contributed by atoms with van der Waals surface area (Å²) in [6.45, 7) is 10.9. The zero-order valence-electron chi connectivity index (χ0n) is 24.7. The van der Waals surface area contributed by atoms with Crippen LogP contribution in [0.1, 0.15) is 42.4 Å². The minimum atomic E-state index is -0.106. The van der Waals surface area contributed by atoms with Gasteiger partial charge in [-0.15, -0.1) is 0 Å². The maximum Gasteiger partial charge on any atom is 0.240 e. The quantitative estimate of drug-likeness (QED) is 0.438. The van der Waals surface area contributed by atoms with E-state index in [9.17, 15) is 9.59 Å². The average Bonchev–Trinajstić information content (AvgIpc) is 3.63. The second kappa shape index (κ2) is 15.8. The molecule has 11 heteroatoms. The van der Waals surface area contributed by atoms with Crippen LogP contribution in [0.25, 0.3) is 0 Å². The van der Waals surface area contributed by atoms with Gasteiger partial charge in [-0.05, 0) is 68.5 Å². The number of aromatic nitrogens is 3. The molecule has 0 unspecified atom stereocenters. The molecule has 3 aliphatic heterocycles. The predicted molar refractivity (Wildman–Crippen MR) is 160 cm³/mol. The third kappa shape index (κ3) is 8.95. The number of nitrogens with zero attached hydrogens (tertiary/aromatic N) is 5. The highest BCUT2D eigenvalue weighted by Crippen LogP contribution is 2.32. The molecule has 2 amide bonds. The summed E-state index contributed by atoms with van der Waals surface area (Å²) in [7, 11) is 0. The molecule has 3 aliphatic rings. The molecule has 224 valence electrons. The molecule has 0 bridgehead atoms. The maximum absolute atomic E-state index is 12.2. The summed E-state index contributed by atoms with van der Waals surface area (Å²) in [6.07, 6.45) is 9.70.